The number of carbonyl (C=O) groups excluding carboxylic acids is 2. The molecule has 0 spiro atoms. The molecule has 1 heterocycles. The molecule has 0 saturated heterocycles. The summed E-state index contributed by atoms with van der Waals surface area (Å²) in [6.45, 7) is 3.98. The van der Waals surface area contributed by atoms with Crippen LogP contribution in [-0.2, 0) is 11.2 Å². The number of para-hydroxylation sites is 1. The van der Waals surface area contributed by atoms with Gasteiger partial charge in [0.2, 0.25) is 5.78 Å². The average Bonchev–Trinajstić information content (AvgIpc) is 2.92. The van der Waals surface area contributed by atoms with Gasteiger partial charge in [0, 0.05) is 17.8 Å². The van der Waals surface area contributed by atoms with Crippen LogP contribution < -0.4 is 9.84 Å². The van der Waals surface area contributed by atoms with Crippen LogP contribution in [0.1, 0.15) is 40.8 Å². The van der Waals surface area contributed by atoms with E-state index in [0.29, 0.717) is 17.4 Å². The number of nitrogens with zero attached hydrogens (tertiary/aromatic N) is 1. The Kier molecular flexibility index (Phi) is 5.27. The Labute approximate surface area is 132 Å². The molecule has 2 rings (SSSR count). The highest BCUT2D eigenvalue weighted by Gasteiger charge is 2.14. The molecule has 2 aromatic rings. The highest BCUT2D eigenvalue weighted by Crippen LogP contribution is 2.26. The lowest BCUT2D eigenvalue weighted by Crippen LogP contribution is -2.24. The molecule has 0 atom stereocenters. The second-order valence-corrected chi connectivity index (χ2v) is 5.96. The minimum Gasteiger partial charge on any atom is -0.550 e. The van der Waals surface area contributed by atoms with Crippen molar-refractivity contribution in [3.8, 4) is 5.75 Å². The molecular formula is C16H16NO4S-. The van der Waals surface area contributed by atoms with E-state index in [0.717, 1.165) is 16.9 Å². The molecule has 1 aromatic heterocycles. The van der Waals surface area contributed by atoms with Crippen LogP contribution in [0.3, 0.4) is 0 Å². The predicted octanol–water partition coefficient (Wildman–Crippen LogP) is 1.82. The molecule has 0 bridgehead atoms. The Bertz CT molecular complexity index is 678. The molecule has 116 valence electrons. The fraction of sp³-hybridized carbons (Fsp3) is 0.312. The van der Waals surface area contributed by atoms with Crippen LogP contribution in [-0.4, -0.2) is 23.3 Å². The molecule has 0 amide bonds. The van der Waals surface area contributed by atoms with E-state index >= 15 is 0 Å². The number of ketones is 1. The van der Waals surface area contributed by atoms with Crippen molar-refractivity contribution in [2.45, 2.75) is 26.2 Å². The van der Waals surface area contributed by atoms with Gasteiger partial charge in [-0.3, -0.25) is 4.79 Å². The number of hydrogen-bond donors (Lipinski definition) is 0. The Balaban J connectivity index is 2.01. The summed E-state index contributed by atoms with van der Waals surface area (Å²) in [6.07, 6.45) is -0.291. The summed E-state index contributed by atoms with van der Waals surface area (Å²) in [7, 11) is 0. The fourth-order valence-corrected chi connectivity index (χ4v) is 2.70. The highest BCUT2D eigenvalue weighted by molar-refractivity contribution is 7.11. The number of benzene rings is 1. The fourth-order valence-electron chi connectivity index (χ4n) is 1.96. The summed E-state index contributed by atoms with van der Waals surface area (Å²) < 4.78 is 5.59. The van der Waals surface area contributed by atoms with Gasteiger partial charge in [0.25, 0.3) is 0 Å². The van der Waals surface area contributed by atoms with E-state index in [4.69, 9.17) is 4.74 Å². The van der Waals surface area contributed by atoms with Gasteiger partial charge >= 0.3 is 0 Å². The summed E-state index contributed by atoms with van der Waals surface area (Å²) in [5, 5.41) is 12.3. The van der Waals surface area contributed by atoms with E-state index < -0.39 is 5.97 Å². The standard InChI is InChI=1S/C16H17NO4S/c1-10(2)12-5-3-4-6-14(12)21-8-13(18)16-17-11(9-22-16)7-15(19)20/h3-6,9-10H,7-8H2,1-2H3,(H,19,20)/p-1. The third-order valence-corrected chi connectivity index (χ3v) is 3.95. The summed E-state index contributed by atoms with van der Waals surface area (Å²) in [5.74, 6) is -0.516. The number of aliphatic carboxylic acids is 1. The Morgan fingerprint density at radius 3 is 2.73 bits per heavy atom. The second kappa shape index (κ2) is 7.17. The number of aromatic nitrogens is 1. The number of thiazole rings is 1. The first-order valence-corrected chi connectivity index (χ1v) is 7.74. The maximum atomic E-state index is 12.1. The van der Waals surface area contributed by atoms with Gasteiger partial charge in [-0.15, -0.1) is 11.3 Å². The average molecular weight is 318 g/mol. The molecular weight excluding hydrogens is 302 g/mol. The van der Waals surface area contributed by atoms with Crippen molar-refractivity contribution in [3.05, 3.63) is 45.9 Å². The zero-order valence-electron chi connectivity index (χ0n) is 12.4. The summed E-state index contributed by atoms with van der Waals surface area (Å²) in [4.78, 5) is 26.6. The minimum absolute atomic E-state index is 0.123. The maximum Gasteiger partial charge on any atom is 0.228 e. The number of rotatable bonds is 7. The second-order valence-electron chi connectivity index (χ2n) is 5.10. The lowest BCUT2D eigenvalue weighted by Gasteiger charge is -2.12. The van der Waals surface area contributed by atoms with Gasteiger partial charge < -0.3 is 14.6 Å². The Hall–Kier alpha value is -2.21. The first-order valence-electron chi connectivity index (χ1n) is 6.86. The predicted molar refractivity (Wildman–Crippen MR) is 81.2 cm³/mol. The number of ether oxygens (including phenoxy) is 1. The third-order valence-electron chi connectivity index (χ3n) is 3.02. The van der Waals surface area contributed by atoms with E-state index in [-0.39, 0.29) is 23.8 Å². The van der Waals surface area contributed by atoms with Crippen LogP contribution in [0.2, 0.25) is 0 Å². The zero-order chi connectivity index (χ0) is 16.1. The van der Waals surface area contributed by atoms with Crippen molar-refractivity contribution in [3.63, 3.8) is 0 Å². The van der Waals surface area contributed by atoms with Crippen LogP contribution in [0, 0.1) is 0 Å². The molecule has 0 N–H and O–H groups in total. The van der Waals surface area contributed by atoms with Crippen molar-refractivity contribution in [2.75, 3.05) is 6.61 Å². The molecule has 6 heteroatoms. The van der Waals surface area contributed by atoms with Crippen molar-refractivity contribution in [1.29, 1.82) is 0 Å². The van der Waals surface area contributed by atoms with Crippen LogP contribution in [0.5, 0.6) is 5.75 Å². The van der Waals surface area contributed by atoms with Gasteiger partial charge in [-0.1, -0.05) is 32.0 Å². The molecule has 0 saturated carbocycles. The van der Waals surface area contributed by atoms with Crippen molar-refractivity contribution in [1.82, 2.24) is 4.98 Å². The molecule has 0 aliphatic rings. The van der Waals surface area contributed by atoms with Gasteiger partial charge in [0.05, 0.1) is 5.69 Å². The molecule has 0 fully saturated rings. The first kappa shape index (κ1) is 16.2. The van der Waals surface area contributed by atoms with E-state index in [1.54, 1.807) is 5.38 Å². The first-order chi connectivity index (χ1) is 10.5. The zero-order valence-corrected chi connectivity index (χ0v) is 13.2. The molecule has 0 unspecified atom stereocenters. The molecule has 1 aromatic carbocycles. The van der Waals surface area contributed by atoms with Crippen LogP contribution in [0.25, 0.3) is 0 Å². The quantitative estimate of drug-likeness (QED) is 0.728. The molecule has 5 nitrogen and oxygen atoms in total. The van der Waals surface area contributed by atoms with Crippen molar-refractivity contribution in [2.24, 2.45) is 0 Å². The van der Waals surface area contributed by atoms with Gasteiger partial charge in [-0.2, -0.15) is 0 Å². The smallest absolute Gasteiger partial charge is 0.228 e. The van der Waals surface area contributed by atoms with Gasteiger partial charge in [-0.25, -0.2) is 4.98 Å². The Morgan fingerprint density at radius 2 is 2.05 bits per heavy atom. The summed E-state index contributed by atoms with van der Waals surface area (Å²) in [6, 6.07) is 7.57. The summed E-state index contributed by atoms with van der Waals surface area (Å²) >= 11 is 1.11. The van der Waals surface area contributed by atoms with E-state index in [9.17, 15) is 14.7 Å². The summed E-state index contributed by atoms with van der Waals surface area (Å²) in [5.41, 5.74) is 1.36. The monoisotopic (exact) mass is 318 g/mol. The van der Waals surface area contributed by atoms with Gasteiger partial charge in [-0.05, 0) is 17.5 Å². The Morgan fingerprint density at radius 1 is 1.32 bits per heavy atom. The lowest BCUT2D eigenvalue weighted by atomic mass is 10.0. The number of Topliss-reactive ketones (excluding diaryl/α,β-unsaturated/α-hetero) is 1. The van der Waals surface area contributed by atoms with E-state index in [1.807, 2.05) is 24.3 Å². The largest absolute Gasteiger partial charge is 0.550 e. The molecule has 0 radical (unpaired) electrons. The third kappa shape index (κ3) is 4.14. The van der Waals surface area contributed by atoms with Crippen LogP contribution in [0.4, 0.5) is 0 Å². The SMILES string of the molecule is CC(C)c1ccccc1OCC(=O)c1nc(CC(=O)[O-])cs1. The van der Waals surface area contributed by atoms with Crippen LogP contribution in [0.15, 0.2) is 29.6 Å². The van der Waals surface area contributed by atoms with Gasteiger partial charge in [0.15, 0.2) is 11.6 Å². The lowest BCUT2D eigenvalue weighted by molar-refractivity contribution is -0.304. The minimum atomic E-state index is -1.22. The number of carboxylic acid groups (broad SMARTS) is 1. The van der Waals surface area contributed by atoms with Gasteiger partial charge in [0.1, 0.15) is 5.75 Å². The van der Waals surface area contributed by atoms with E-state index in [1.165, 1.54) is 0 Å². The number of hydrogen-bond acceptors (Lipinski definition) is 6. The highest BCUT2D eigenvalue weighted by atomic mass is 32.1. The molecule has 0 aliphatic heterocycles. The van der Waals surface area contributed by atoms with Crippen LogP contribution >= 0.6 is 11.3 Å². The molecule has 0 aliphatic carbocycles. The van der Waals surface area contributed by atoms with E-state index in [2.05, 4.69) is 18.8 Å². The normalized spacial score (nSPS) is 10.7. The van der Waals surface area contributed by atoms with Crippen molar-refractivity contribution >= 4 is 23.1 Å². The topological polar surface area (TPSA) is 79.3 Å². The number of carbonyl (C=O) groups is 2. The van der Waals surface area contributed by atoms with Crippen molar-refractivity contribution < 1.29 is 19.4 Å². The maximum absolute atomic E-state index is 12.1. The molecule has 22 heavy (non-hydrogen) atoms. The number of carboxylic acids is 1.